The van der Waals surface area contributed by atoms with E-state index in [1.165, 1.54) is 0 Å². The highest BCUT2D eigenvalue weighted by atomic mass is 35.5. The first-order chi connectivity index (χ1) is 12.9. The summed E-state index contributed by atoms with van der Waals surface area (Å²) in [6, 6.07) is 13.9. The lowest BCUT2D eigenvalue weighted by Crippen LogP contribution is -2.27. The summed E-state index contributed by atoms with van der Waals surface area (Å²) in [6.07, 6.45) is 0.841. The standard InChI is InChI=1S/C21H23ClN2O3/c1-14(2)27-19-10-4-15(12-20(19)26-3)5-11-21(25)24-18(13-23)16-6-8-17(22)9-7-16/h4,6-10,12,14,18H,5,11H2,1-3H3,(H,24,25). The van der Waals surface area contributed by atoms with Gasteiger partial charge in [0.2, 0.25) is 5.91 Å². The number of hydrogen-bond donors (Lipinski definition) is 1. The lowest BCUT2D eigenvalue weighted by atomic mass is 10.1. The van der Waals surface area contributed by atoms with Crippen LogP contribution in [0.25, 0.3) is 0 Å². The van der Waals surface area contributed by atoms with Crippen LogP contribution in [0.1, 0.15) is 37.4 Å². The summed E-state index contributed by atoms with van der Waals surface area (Å²) in [6.45, 7) is 3.90. The molecule has 0 fully saturated rings. The lowest BCUT2D eigenvalue weighted by molar-refractivity contribution is -0.121. The average molecular weight is 387 g/mol. The second kappa shape index (κ2) is 9.84. The van der Waals surface area contributed by atoms with E-state index in [0.29, 0.717) is 28.5 Å². The summed E-state index contributed by atoms with van der Waals surface area (Å²) in [5.41, 5.74) is 1.66. The van der Waals surface area contributed by atoms with E-state index in [1.54, 1.807) is 31.4 Å². The normalized spacial score (nSPS) is 11.6. The minimum absolute atomic E-state index is 0.0475. The zero-order valence-corrected chi connectivity index (χ0v) is 16.4. The molecule has 0 bridgehead atoms. The summed E-state index contributed by atoms with van der Waals surface area (Å²) in [7, 11) is 1.59. The molecular formula is C21H23ClN2O3. The number of nitrogens with one attached hydrogen (secondary N) is 1. The first-order valence-electron chi connectivity index (χ1n) is 8.71. The molecule has 0 aliphatic rings. The molecule has 2 aromatic rings. The molecule has 0 aromatic heterocycles. The predicted molar refractivity (Wildman–Crippen MR) is 105 cm³/mol. The SMILES string of the molecule is COc1cc(CCC(=O)NC(C#N)c2ccc(Cl)cc2)ccc1OC(C)C. The van der Waals surface area contributed by atoms with Crippen LogP contribution in [0.4, 0.5) is 0 Å². The van der Waals surface area contributed by atoms with Crippen molar-refractivity contribution in [3.63, 3.8) is 0 Å². The number of benzene rings is 2. The Balaban J connectivity index is 1.96. The summed E-state index contributed by atoms with van der Waals surface area (Å²) < 4.78 is 11.1. The van der Waals surface area contributed by atoms with Crippen LogP contribution in [-0.2, 0) is 11.2 Å². The number of amides is 1. The molecule has 1 atom stereocenters. The summed E-state index contributed by atoms with van der Waals surface area (Å²) in [5.74, 6) is 1.11. The van der Waals surface area contributed by atoms with Gasteiger partial charge in [-0.15, -0.1) is 0 Å². The van der Waals surface area contributed by atoms with Crippen molar-refractivity contribution in [1.29, 1.82) is 5.26 Å². The number of nitriles is 1. The highest BCUT2D eigenvalue weighted by molar-refractivity contribution is 6.30. The Morgan fingerprint density at radius 3 is 2.48 bits per heavy atom. The van der Waals surface area contributed by atoms with E-state index in [-0.39, 0.29) is 18.4 Å². The fourth-order valence-corrected chi connectivity index (χ4v) is 2.68. The van der Waals surface area contributed by atoms with Crippen LogP contribution in [0.2, 0.25) is 5.02 Å². The van der Waals surface area contributed by atoms with Gasteiger partial charge in [0.05, 0.1) is 19.3 Å². The molecule has 0 spiro atoms. The number of aryl methyl sites for hydroxylation is 1. The van der Waals surface area contributed by atoms with Crippen LogP contribution in [0, 0.1) is 11.3 Å². The Morgan fingerprint density at radius 1 is 1.19 bits per heavy atom. The number of methoxy groups -OCH3 is 1. The maximum absolute atomic E-state index is 12.2. The highest BCUT2D eigenvalue weighted by Gasteiger charge is 2.14. The fraction of sp³-hybridized carbons (Fsp3) is 0.333. The van der Waals surface area contributed by atoms with Gasteiger partial charge in [0.15, 0.2) is 11.5 Å². The minimum Gasteiger partial charge on any atom is -0.493 e. The molecule has 0 heterocycles. The summed E-state index contributed by atoms with van der Waals surface area (Å²) >= 11 is 5.86. The number of rotatable bonds is 8. The van der Waals surface area contributed by atoms with Crippen LogP contribution in [-0.4, -0.2) is 19.1 Å². The van der Waals surface area contributed by atoms with Gasteiger partial charge in [0, 0.05) is 11.4 Å². The zero-order chi connectivity index (χ0) is 19.8. The quantitative estimate of drug-likeness (QED) is 0.727. The number of hydrogen-bond acceptors (Lipinski definition) is 4. The van der Waals surface area contributed by atoms with E-state index in [9.17, 15) is 10.1 Å². The second-order valence-corrected chi connectivity index (χ2v) is 6.77. The van der Waals surface area contributed by atoms with Crippen molar-refractivity contribution in [2.24, 2.45) is 0 Å². The van der Waals surface area contributed by atoms with E-state index in [0.717, 1.165) is 5.56 Å². The first-order valence-corrected chi connectivity index (χ1v) is 9.08. The molecule has 2 aromatic carbocycles. The van der Waals surface area contributed by atoms with Crippen LogP contribution in [0.15, 0.2) is 42.5 Å². The molecule has 0 aliphatic heterocycles. The Kier molecular flexibility index (Phi) is 7.51. The van der Waals surface area contributed by atoms with Gasteiger partial charge in [-0.1, -0.05) is 29.8 Å². The zero-order valence-electron chi connectivity index (χ0n) is 15.7. The summed E-state index contributed by atoms with van der Waals surface area (Å²) in [5, 5.41) is 12.6. The molecule has 1 unspecified atom stereocenters. The van der Waals surface area contributed by atoms with E-state index in [2.05, 4.69) is 11.4 Å². The van der Waals surface area contributed by atoms with Gasteiger partial charge >= 0.3 is 0 Å². The first kappa shape index (κ1) is 20.6. The largest absolute Gasteiger partial charge is 0.493 e. The number of nitrogens with zero attached hydrogens (tertiary/aromatic N) is 1. The van der Waals surface area contributed by atoms with Gasteiger partial charge in [-0.2, -0.15) is 5.26 Å². The molecule has 27 heavy (non-hydrogen) atoms. The van der Waals surface area contributed by atoms with Gasteiger partial charge < -0.3 is 14.8 Å². The van der Waals surface area contributed by atoms with Crippen molar-refractivity contribution in [1.82, 2.24) is 5.32 Å². The van der Waals surface area contributed by atoms with Crippen LogP contribution in [0.3, 0.4) is 0 Å². The average Bonchev–Trinajstić information content (AvgIpc) is 2.65. The van der Waals surface area contributed by atoms with Crippen LogP contribution < -0.4 is 14.8 Å². The minimum atomic E-state index is -0.703. The van der Waals surface area contributed by atoms with Gasteiger partial charge in [-0.25, -0.2) is 0 Å². The third-order valence-corrected chi connectivity index (χ3v) is 4.12. The Hall–Kier alpha value is -2.71. The van der Waals surface area contributed by atoms with E-state index in [4.69, 9.17) is 21.1 Å². The van der Waals surface area contributed by atoms with Crippen molar-refractivity contribution in [3.05, 3.63) is 58.6 Å². The molecule has 1 amide bonds. The van der Waals surface area contributed by atoms with Crippen molar-refractivity contribution in [2.75, 3.05) is 7.11 Å². The molecule has 0 radical (unpaired) electrons. The Morgan fingerprint density at radius 2 is 1.89 bits per heavy atom. The maximum Gasteiger partial charge on any atom is 0.221 e. The van der Waals surface area contributed by atoms with Gasteiger partial charge in [-0.3, -0.25) is 4.79 Å². The van der Waals surface area contributed by atoms with E-state index < -0.39 is 6.04 Å². The third-order valence-electron chi connectivity index (χ3n) is 3.87. The Bertz CT molecular complexity index is 813. The van der Waals surface area contributed by atoms with Crippen molar-refractivity contribution < 1.29 is 14.3 Å². The molecule has 0 aliphatic carbocycles. The topological polar surface area (TPSA) is 71.3 Å². The lowest BCUT2D eigenvalue weighted by Gasteiger charge is -2.15. The molecule has 2 rings (SSSR count). The van der Waals surface area contributed by atoms with Gasteiger partial charge in [-0.05, 0) is 55.7 Å². The van der Waals surface area contributed by atoms with Gasteiger partial charge in [0.1, 0.15) is 6.04 Å². The Labute approximate surface area is 164 Å². The maximum atomic E-state index is 12.2. The highest BCUT2D eigenvalue weighted by Crippen LogP contribution is 2.29. The van der Waals surface area contributed by atoms with E-state index >= 15 is 0 Å². The van der Waals surface area contributed by atoms with Gasteiger partial charge in [0.25, 0.3) is 0 Å². The molecular weight excluding hydrogens is 364 g/mol. The molecule has 1 N–H and O–H groups in total. The fourth-order valence-electron chi connectivity index (χ4n) is 2.56. The smallest absolute Gasteiger partial charge is 0.221 e. The number of halogens is 1. The molecule has 6 heteroatoms. The molecule has 142 valence electrons. The van der Waals surface area contributed by atoms with Crippen LogP contribution >= 0.6 is 11.6 Å². The number of ether oxygens (including phenoxy) is 2. The molecule has 0 saturated carbocycles. The molecule has 0 saturated heterocycles. The molecule has 5 nitrogen and oxygen atoms in total. The second-order valence-electron chi connectivity index (χ2n) is 6.33. The summed E-state index contributed by atoms with van der Waals surface area (Å²) in [4.78, 5) is 12.2. The third kappa shape index (κ3) is 6.19. The van der Waals surface area contributed by atoms with Crippen LogP contribution in [0.5, 0.6) is 11.5 Å². The predicted octanol–water partition coefficient (Wildman–Crippen LogP) is 4.45. The number of carbonyl (C=O) groups is 1. The monoisotopic (exact) mass is 386 g/mol. The number of carbonyl (C=O) groups excluding carboxylic acids is 1. The van der Waals surface area contributed by atoms with E-state index in [1.807, 2.05) is 32.0 Å². The van der Waals surface area contributed by atoms with Crippen molar-refractivity contribution in [3.8, 4) is 17.6 Å². The van der Waals surface area contributed by atoms with Crippen molar-refractivity contribution in [2.45, 2.75) is 38.8 Å². The van der Waals surface area contributed by atoms with Crippen molar-refractivity contribution >= 4 is 17.5 Å².